The Morgan fingerprint density at radius 2 is 1.88 bits per heavy atom. The van der Waals surface area contributed by atoms with Crippen LogP contribution in [-0.4, -0.2) is 43.0 Å². The second kappa shape index (κ2) is 9.61. The summed E-state index contributed by atoms with van der Waals surface area (Å²) in [6.45, 7) is 6.32. The predicted molar refractivity (Wildman–Crippen MR) is 130 cm³/mol. The van der Waals surface area contributed by atoms with Crippen LogP contribution in [0.25, 0.3) is 6.08 Å². The molecule has 0 saturated heterocycles. The van der Waals surface area contributed by atoms with Gasteiger partial charge in [-0.2, -0.15) is 4.99 Å². The number of methoxy groups -OCH3 is 1. The monoisotopic (exact) mass is 481 g/mol. The van der Waals surface area contributed by atoms with Crippen molar-refractivity contribution in [3.63, 3.8) is 0 Å². The number of nitrogens with one attached hydrogen (secondary N) is 1. The van der Waals surface area contributed by atoms with E-state index in [1.54, 1.807) is 25.1 Å². The van der Waals surface area contributed by atoms with Gasteiger partial charge < -0.3 is 19.0 Å². The van der Waals surface area contributed by atoms with Crippen LogP contribution in [0.1, 0.15) is 23.6 Å². The first kappa shape index (κ1) is 23.4. The molecule has 8 nitrogen and oxygen atoms in total. The number of carbonyl (C=O) groups excluding carboxylic acids is 1. The Balaban J connectivity index is 1.48. The minimum absolute atomic E-state index is 0.0699. The molecule has 0 aromatic heterocycles. The molecule has 2 aliphatic heterocycles. The lowest BCUT2D eigenvalue weighted by atomic mass is 10.1. The quantitative estimate of drug-likeness (QED) is 0.447. The second-order valence-electron chi connectivity index (χ2n) is 7.82. The van der Waals surface area contributed by atoms with Crippen molar-refractivity contribution in [3.05, 3.63) is 69.5 Å². The number of hydroxylamine groups is 2. The molecule has 0 unspecified atom stereocenters. The first-order valence-electron chi connectivity index (χ1n) is 10.6. The normalized spacial score (nSPS) is 16.1. The maximum atomic E-state index is 12.5. The van der Waals surface area contributed by atoms with E-state index in [0.29, 0.717) is 34.5 Å². The summed E-state index contributed by atoms with van der Waals surface area (Å²) in [5.74, 6) is 1.74. The summed E-state index contributed by atoms with van der Waals surface area (Å²) < 4.78 is 17.1. The van der Waals surface area contributed by atoms with Crippen LogP contribution in [0.4, 0.5) is 0 Å². The van der Waals surface area contributed by atoms with Crippen LogP contribution in [0.2, 0.25) is 5.02 Å². The van der Waals surface area contributed by atoms with Gasteiger partial charge in [0, 0.05) is 6.08 Å². The number of nitrogens with zero attached hydrogens (tertiary/aromatic N) is 2. The van der Waals surface area contributed by atoms with E-state index < -0.39 is 5.91 Å². The molecular formula is C25H24ClN3O5. The highest BCUT2D eigenvalue weighted by Crippen LogP contribution is 2.37. The van der Waals surface area contributed by atoms with Crippen molar-refractivity contribution in [1.82, 2.24) is 5.06 Å². The van der Waals surface area contributed by atoms with Gasteiger partial charge in [0.15, 0.2) is 23.2 Å². The minimum atomic E-state index is -0.537. The van der Waals surface area contributed by atoms with Crippen molar-refractivity contribution >= 4 is 35.3 Å². The molecule has 0 saturated carbocycles. The largest absolute Gasteiger partial charge is 0.493 e. The minimum Gasteiger partial charge on any atom is -0.493 e. The zero-order valence-corrected chi connectivity index (χ0v) is 20.0. The zero-order valence-electron chi connectivity index (χ0n) is 19.3. The topological polar surface area (TPSA) is 93.4 Å². The predicted octanol–water partition coefficient (Wildman–Crippen LogP) is 4.87. The van der Waals surface area contributed by atoms with E-state index in [1.165, 1.54) is 23.8 Å². The van der Waals surface area contributed by atoms with E-state index in [1.807, 2.05) is 26.0 Å². The van der Waals surface area contributed by atoms with Gasteiger partial charge in [-0.05, 0) is 56.2 Å². The summed E-state index contributed by atoms with van der Waals surface area (Å²) in [7, 11) is 1.50. The molecule has 0 bridgehead atoms. The van der Waals surface area contributed by atoms with E-state index in [2.05, 4.69) is 11.1 Å². The summed E-state index contributed by atoms with van der Waals surface area (Å²) >= 11 is 6.47. The fourth-order valence-corrected chi connectivity index (χ4v) is 3.86. The third kappa shape index (κ3) is 4.77. The fourth-order valence-electron chi connectivity index (χ4n) is 3.59. The Morgan fingerprint density at radius 3 is 2.62 bits per heavy atom. The Kier molecular flexibility index (Phi) is 6.61. The maximum absolute atomic E-state index is 12.5. The SMILES string of the molecule is COc1cc(/C=C2\C(=N)N3OC(C)=CC3=NC2=O)cc(Cl)c1OCCOc1ccc(C)cc1C. The molecule has 176 valence electrons. The number of hydrogen-bond donors (Lipinski definition) is 1. The third-order valence-corrected chi connectivity index (χ3v) is 5.44. The molecule has 34 heavy (non-hydrogen) atoms. The smallest absolute Gasteiger partial charge is 0.282 e. The van der Waals surface area contributed by atoms with Crippen molar-refractivity contribution in [2.45, 2.75) is 20.8 Å². The number of fused-ring (bicyclic) bond motifs is 1. The summed E-state index contributed by atoms with van der Waals surface area (Å²) in [6.07, 6.45) is 3.11. The second-order valence-corrected chi connectivity index (χ2v) is 8.23. The highest BCUT2D eigenvalue weighted by Gasteiger charge is 2.34. The number of allylic oxidation sites excluding steroid dienone is 1. The number of amidine groups is 2. The van der Waals surface area contributed by atoms with Crippen LogP contribution in [0.3, 0.4) is 0 Å². The van der Waals surface area contributed by atoms with Gasteiger partial charge in [-0.1, -0.05) is 29.3 Å². The van der Waals surface area contributed by atoms with Crippen molar-refractivity contribution in [1.29, 1.82) is 5.41 Å². The highest BCUT2D eigenvalue weighted by atomic mass is 35.5. The van der Waals surface area contributed by atoms with Gasteiger partial charge >= 0.3 is 0 Å². The highest BCUT2D eigenvalue weighted by molar-refractivity contribution is 6.33. The Hall–Kier alpha value is -3.78. The van der Waals surface area contributed by atoms with E-state index >= 15 is 0 Å². The fraction of sp³-hybridized carbons (Fsp3) is 0.240. The number of ether oxygens (including phenoxy) is 3. The number of benzene rings is 2. The van der Waals surface area contributed by atoms with E-state index in [-0.39, 0.29) is 23.9 Å². The summed E-state index contributed by atoms with van der Waals surface area (Å²) in [5, 5.41) is 9.84. The number of halogens is 1. The first-order valence-corrected chi connectivity index (χ1v) is 10.9. The van der Waals surface area contributed by atoms with E-state index in [0.717, 1.165) is 11.3 Å². The molecular weight excluding hydrogens is 458 g/mol. The molecule has 0 spiro atoms. The van der Waals surface area contributed by atoms with Crippen LogP contribution < -0.4 is 14.2 Å². The van der Waals surface area contributed by atoms with Crippen molar-refractivity contribution in [3.8, 4) is 17.2 Å². The molecule has 2 aromatic carbocycles. The Bertz CT molecular complexity index is 1270. The number of carbonyl (C=O) groups is 1. The molecule has 0 radical (unpaired) electrons. The maximum Gasteiger partial charge on any atom is 0.282 e. The van der Waals surface area contributed by atoms with Crippen molar-refractivity contribution in [2.75, 3.05) is 20.3 Å². The van der Waals surface area contributed by atoms with Crippen molar-refractivity contribution < 1.29 is 23.8 Å². The molecule has 1 N–H and O–H groups in total. The van der Waals surface area contributed by atoms with Crippen molar-refractivity contribution in [2.24, 2.45) is 4.99 Å². The Morgan fingerprint density at radius 1 is 1.12 bits per heavy atom. The van der Waals surface area contributed by atoms with Gasteiger partial charge in [0.05, 0.1) is 17.7 Å². The lowest BCUT2D eigenvalue weighted by Gasteiger charge is -2.23. The number of aryl methyl sites for hydroxylation is 2. The molecule has 4 rings (SSSR count). The van der Waals surface area contributed by atoms with Gasteiger partial charge in [-0.15, -0.1) is 5.06 Å². The molecule has 2 aromatic rings. The Labute approximate surface area is 202 Å². The van der Waals surface area contributed by atoms with Crippen LogP contribution in [0.15, 0.2) is 52.7 Å². The van der Waals surface area contributed by atoms with Gasteiger partial charge in [-0.25, -0.2) is 0 Å². The zero-order chi connectivity index (χ0) is 24.4. The lowest BCUT2D eigenvalue weighted by Crippen LogP contribution is -2.38. The first-order chi connectivity index (χ1) is 16.3. The standard InChI is InChI=1S/C25H24ClN3O5/c1-14-5-6-20(15(2)9-14)32-7-8-33-23-19(26)12-17(13-21(23)31-4)11-18-24(27)29-22(28-25(18)30)10-16(3)34-29/h5-6,9-13,27H,7-8H2,1-4H3/b18-11+,27-24?. The molecule has 0 atom stereocenters. The molecule has 2 heterocycles. The van der Waals surface area contributed by atoms with Gasteiger partial charge in [0.25, 0.3) is 5.91 Å². The number of amides is 1. The molecule has 9 heteroatoms. The average Bonchev–Trinajstić information content (AvgIpc) is 3.16. The van der Waals surface area contributed by atoms with Gasteiger partial charge in [0.2, 0.25) is 0 Å². The van der Waals surface area contributed by atoms with Crippen LogP contribution in [-0.2, 0) is 9.63 Å². The van der Waals surface area contributed by atoms with Crippen LogP contribution >= 0.6 is 11.6 Å². The van der Waals surface area contributed by atoms with E-state index in [9.17, 15) is 4.79 Å². The van der Waals surface area contributed by atoms with Crippen LogP contribution in [0, 0.1) is 19.3 Å². The van der Waals surface area contributed by atoms with Crippen LogP contribution in [0.5, 0.6) is 17.2 Å². The summed E-state index contributed by atoms with van der Waals surface area (Å²) in [4.78, 5) is 21.9. The third-order valence-electron chi connectivity index (χ3n) is 5.16. The molecule has 2 aliphatic rings. The lowest BCUT2D eigenvalue weighted by molar-refractivity contribution is -0.114. The number of hydrogen-bond acceptors (Lipinski definition) is 6. The molecule has 0 fully saturated rings. The average molecular weight is 482 g/mol. The van der Waals surface area contributed by atoms with Gasteiger partial charge in [-0.3, -0.25) is 10.2 Å². The summed E-state index contributed by atoms with van der Waals surface area (Å²) in [6, 6.07) is 9.29. The van der Waals surface area contributed by atoms with E-state index in [4.69, 9.17) is 36.1 Å². The summed E-state index contributed by atoms with van der Waals surface area (Å²) in [5.41, 5.74) is 2.85. The van der Waals surface area contributed by atoms with Gasteiger partial charge in [0.1, 0.15) is 24.7 Å². The number of aliphatic imine (C=N–C) groups is 1. The number of rotatable bonds is 7. The molecule has 1 amide bonds. The molecule has 0 aliphatic carbocycles.